The molecule has 14 heavy (non-hydrogen) atoms. The molecular weight excluding hydrogens is 354 g/mol. The molecule has 2 rings (SSSR count). The minimum atomic E-state index is 0.377. The number of halogens is 3. The predicted octanol–water partition coefficient (Wildman–Crippen LogP) is 3.96. The van der Waals surface area contributed by atoms with Crippen molar-refractivity contribution >= 4 is 57.6 Å². The minimum Gasteiger partial charge on any atom is -0.219 e. The van der Waals surface area contributed by atoms with E-state index in [9.17, 15) is 0 Å². The third-order valence-electron chi connectivity index (χ3n) is 2.01. The maximum absolute atomic E-state index is 5.95. The van der Waals surface area contributed by atoms with Crippen LogP contribution in [-0.2, 0) is 0 Å². The Morgan fingerprint density at radius 3 is 2.43 bits per heavy atom. The van der Waals surface area contributed by atoms with Crippen molar-refractivity contribution in [3.8, 4) is 0 Å². The highest BCUT2D eigenvalue weighted by Gasteiger charge is 2.22. The fourth-order valence-corrected chi connectivity index (χ4v) is 3.18. The quantitative estimate of drug-likeness (QED) is 0.560. The largest absolute Gasteiger partial charge is 0.219 e. The average molecular weight is 361 g/mol. The lowest BCUT2D eigenvalue weighted by Gasteiger charge is -2.08. The summed E-state index contributed by atoms with van der Waals surface area (Å²) >= 11 is 15.8. The van der Waals surface area contributed by atoms with E-state index in [0.29, 0.717) is 15.6 Å². The minimum absolute atomic E-state index is 0.377. The summed E-state index contributed by atoms with van der Waals surface area (Å²) in [6.45, 7) is 0. The molecule has 2 heterocycles. The summed E-state index contributed by atoms with van der Waals surface area (Å²) in [4.78, 5) is 8.51. The Morgan fingerprint density at radius 2 is 1.93 bits per heavy atom. The van der Waals surface area contributed by atoms with Crippen molar-refractivity contribution in [3.05, 3.63) is 19.7 Å². The van der Waals surface area contributed by atoms with E-state index in [1.54, 1.807) is 0 Å². The van der Waals surface area contributed by atoms with E-state index in [-0.39, 0.29) is 0 Å². The van der Waals surface area contributed by atoms with Gasteiger partial charge in [0.1, 0.15) is 16.1 Å². The molecule has 1 saturated heterocycles. The molecule has 0 bridgehead atoms. The number of hydrogen-bond donors (Lipinski definition) is 0. The van der Waals surface area contributed by atoms with Crippen LogP contribution in [0.4, 0.5) is 0 Å². The first-order valence-electron chi connectivity index (χ1n) is 4.18. The van der Waals surface area contributed by atoms with E-state index in [4.69, 9.17) is 23.2 Å². The van der Waals surface area contributed by atoms with Crippen LogP contribution < -0.4 is 0 Å². The average Bonchev–Trinajstić information content (AvgIpc) is 2.66. The van der Waals surface area contributed by atoms with Crippen LogP contribution in [0.2, 0.25) is 10.3 Å². The Balaban J connectivity index is 2.34. The van der Waals surface area contributed by atoms with Gasteiger partial charge >= 0.3 is 0 Å². The van der Waals surface area contributed by atoms with Crippen molar-refractivity contribution in [1.29, 1.82) is 0 Å². The van der Waals surface area contributed by atoms with Gasteiger partial charge in [-0.3, -0.25) is 0 Å². The van der Waals surface area contributed by atoms with Gasteiger partial charge in [-0.25, -0.2) is 9.97 Å². The Labute approximate surface area is 110 Å². The summed E-state index contributed by atoms with van der Waals surface area (Å²) < 4.78 is 0.734. The van der Waals surface area contributed by atoms with Crippen LogP contribution in [0.15, 0.2) is 0 Å². The number of hydrogen-bond acceptors (Lipinski definition) is 3. The highest BCUT2D eigenvalue weighted by molar-refractivity contribution is 14.1. The second-order valence-electron chi connectivity index (χ2n) is 2.98. The van der Waals surface area contributed by atoms with Gasteiger partial charge in [-0.2, -0.15) is 11.8 Å². The summed E-state index contributed by atoms with van der Waals surface area (Å²) in [5.74, 6) is 1.96. The van der Waals surface area contributed by atoms with Gasteiger partial charge in [-0.15, -0.1) is 0 Å². The molecule has 2 nitrogen and oxygen atoms in total. The summed E-state index contributed by atoms with van der Waals surface area (Å²) in [5.41, 5.74) is 0. The highest BCUT2D eigenvalue weighted by Crippen LogP contribution is 2.39. The number of nitrogens with zero attached hydrogens (tertiary/aromatic N) is 2. The van der Waals surface area contributed by atoms with Gasteiger partial charge in [0.2, 0.25) is 0 Å². The van der Waals surface area contributed by atoms with Gasteiger partial charge in [-0.1, -0.05) is 23.2 Å². The Hall–Kier alpha value is 0.740. The van der Waals surface area contributed by atoms with Gasteiger partial charge in [-0.05, 0) is 41.2 Å². The first-order valence-corrected chi connectivity index (χ1v) is 7.07. The fraction of sp³-hybridized carbons (Fsp3) is 0.500. The van der Waals surface area contributed by atoms with Gasteiger partial charge in [0.05, 0.1) is 8.82 Å². The summed E-state index contributed by atoms with van der Waals surface area (Å²) in [6, 6.07) is 0. The normalized spacial score (nSPS) is 21.5. The van der Waals surface area contributed by atoms with E-state index in [1.165, 1.54) is 12.2 Å². The van der Waals surface area contributed by atoms with E-state index < -0.39 is 0 Å². The molecule has 76 valence electrons. The lowest BCUT2D eigenvalue weighted by molar-refractivity contribution is 0.775. The molecule has 1 aliphatic heterocycles. The number of rotatable bonds is 1. The van der Waals surface area contributed by atoms with Crippen molar-refractivity contribution < 1.29 is 0 Å². The zero-order valence-corrected chi connectivity index (χ0v) is 11.6. The molecule has 0 amide bonds. The van der Waals surface area contributed by atoms with Crippen LogP contribution in [-0.4, -0.2) is 15.7 Å². The maximum Gasteiger partial charge on any atom is 0.147 e. The topological polar surface area (TPSA) is 25.8 Å². The fourth-order valence-electron chi connectivity index (χ4n) is 1.33. The lowest BCUT2D eigenvalue weighted by Crippen LogP contribution is -2.00. The van der Waals surface area contributed by atoms with Gasteiger partial charge in [0, 0.05) is 0 Å². The first kappa shape index (κ1) is 11.2. The lowest BCUT2D eigenvalue weighted by atomic mass is 10.2. The van der Waals surface area contributed by atoms with Crippen LogP contribution >= 0.6 is 57.6 Å². The van der Waals surface area contributed by atoms with Crippen molar-refractivity contribution in [2.24, 2.45) is 0 Å². The molecule has 1 atom stereocenters. The molecule has 0 saturated carbocycles. The van der Waals surface area contributed by atoms with Crippen LogP contribution in [0.25, 0.3) is 0 Å². The van der Waals surface area contributed by atoms with Crippen LogP contribution in [0, 0.1) is 3.57 Å². The number of aromatic nitrogens is 2. The highest BCUT2D eigenvalue weighted by atomic mass is 127. The molecule has 1 aromatic rings. The SMILES string of the molecule is Clc1nc(C2CCCS2)nc(Cl)c1I. The van der Waals surface area contributed by atoms with E-state index in [1.807, 2.05) is 11.8 Å². The molecule has 1 aliphatic rings. The van der Waals surface area contributed by atoms with E-state index in [2.05, 4.69) is 32.6 Å². The van der Waals surface area contributed by atoms with Crippen molar-refractivity contribution in [1.82, 2.24) is 9.97 Å². The number of thioether (sulfide) groups is 1. The molecule has 0 spiro atoms. The Kier molecular flexibility index (Phi) is 3.79. The van der Waals surface area contributed by atoms with Crippen molar-refractivity contribution in [3.63, 3.8) is 0 Å². The van der Waals surface area contributed by atoms with E-state index >= 15 is 0 Å². The van der Waals surface area contributed by atoms with Crippen molar-refractivity contribution in [2.45, 2.75) is 18.1 Å². The zero-order chi connectivity index (χ0) is 10.1. The molecule has 0 aliphatic carbocycles. The van der Waals surface area contributed by atoms with Crippen molar-refractivity contribution in [2.75, 3.05) is 5.75 Å². The summed E-state index contributed by atoms with van der Waals surface area (Å²) in [6.07, 6.45) is 2.35. The third-order valence-corrected chi connectivity index (χ3v) is 5.59. The maximum atomic E-state index is 5.95. The van der Waals surface area contributed by atoms with Crippen LogP contribution in [0.3, 0.4) is 0 Å². The molecule has 1 fully saturated rings. The molecule has 0 aromatic carbocycles. The zero-order valence-electron chi connectivity index (χ0n) is 7.14. The summed E-state index contributed by atoms with van der Waals surface area (Å²) in [7, 11) is 0. The van der Waals surface area contributed by atoms with Crippen LogP contribution in [0.5, 0.6) is 0 Å². The van der Waals surface area contributed by atoms with Gasteiger partial charge < -0.3 is 0 Å². The second-order valence-corrected chi connectivity index (χ2v) is 6.08. The molecule has 0 radical (unpaired) electrons. The molecular formula is C8H7Cl2IN2S. The Bertz CT molecular complexity index is 332. The van der Waals surface area contributed by atoms with E-state index in [0.717, 1.165) is 15.8 Å². The smallest absolute Gasteiger partial charge is 0.147 e. The molecule has 0 N–H and O–H groups in total. The first-order chi connectivity index (χ1) is 6.68. The summed E-state index contributed by atoms with van der Waals surface area (Å²) in [5, 5.41) is 1.31. The predicted molar refractivity (Wildman–Crippen MR) is 69.2 cm³/mol. The monoisotopic (exact) mass is 360 g/mol. The molecule has 6 heteroatoms. The molecule has 1 unspecified atom stereocenters. The van der Waals surface area contributed by atoms with Crippen LogP contribution in [0.1, 0.15) is 23.9 Å². The van der Waals surface area contributed by atoms with Gasteiger partial charge in [0.25, 0.3) is 0 Å². The second kappa shape index (κ2) is 4.72. The van der Waals surface area contributed by atoms with Gasteiger partial charge in [0.15, 0.2) is 0 Å². The third kappa shape index (κ3) is 2.28. The standard InChI is InChI=1S/C8H7Cl2IN2S/c9-6-5(11)7(10)13-8(12-6)4-2-1-3-14-4/h4H,1-3H2. The Morgan fingerprint density at radius 1 is 1.29 bits per heavy atom. The molecule has 1 aromatic heterocycles.